The van der Waals surface area contributed by atoms with E-state index < -0.39 is 23.1 Å². The van der Waals surface area contributed by atoms with E-state index in [1.165, 1.54) is 0 Å². The Balaban J connectivity index is 1.80. The Labute approximate surface area is 137 Å². The lowest BCUT2D eigenvalue weighted by atomic mass is 10.1. The molecule has 3 aromatic heterocycles. The van der Waals surface area contributed by atoms with Crippen molar-refractivity contribution in [1.82, 2.24) is 20.1 Å². The molecule has 0 bridgehead atoms. The fraction of sp³-hybridized carbons (Fsp3) is 0.0625. The minimum absolute atomic E-state index is 0.117. The Morgan fingerprint density at radius 2 is 1.92 bits per heavy atom. The molecule has 4 aromatic rings. The molecular weight excluding hydrogens is 340 g/mol. The zero-order chi connectivity index (χ0) is 17.6. The topological polar surface area (TPSA) is 67.6 Å². The monoisotopic (exact) mass is 348 g/mol. The lowest BCUT2D eigenvalue weighted by Crippen LogP contribution is -2.05. The first-order valence-electron chi connectivity index (χ1n) is 7.07. The SMILES string of the molecule is Fc1ccc(C(F)(F)F)cc1-c1nc(-c2c[nH]c3ncccc23)no1. The molecule has 3 heterocycles. The molecule has 4 rings (SSSR count). The highest BCUT2D eigenvalue weighted by atomic mass is 19.4. The molecular formula is C16H8F4N4O. The van der Waals surface area contributed by atoms with Crippen LogP contribution in [0.5, 0.6) is 0 Å². The van der Waals surface area contributed by atoms with E-state index in [0.717, 1.165) is 6.07 Å². The van der Waals surface area contributed by atoms with Crippen LogP contribution < -0.4 is 0 Å². The van der Waals surface area contributed by atoms with E-state index in [1.807, 2.05) is 0 Å². The van der Waals surface area contributed by atoms with Crippen molar-refractivity contribution in [2.45, 2.75) is 6.18 Å². The second-order valence-electron chi connectivity index (χ2n) is 5.22. The summed E-state index contributed by atoms with van der Waals surface area (Å²) in [5, 5.41) is 4.44. The maximum Gasteiger partial charge on any atom is 0.416 e. The molecule has 0 unspecified atom stereocenters. The van der Waals surface area contributed by atoms with Crippen molar-refractivity contribution < 1.29 is 22.1 Å². The van der Waals surface area contributed by atoms with Gasteiger partial charge in [-0.2, -0.15) is 18.2 Å². The first kappa shape index (κ1) is 15.3. The van der Waals surface area contributed by atoms with Crippen molar-refractivity contribution in [3.05, 3.63) is 54.1 Å². The Morgan fingerprint density at radius 1 is 1.08 bits per heavy atom. The van der Waals surface area contributed by atoms with E-state index in [4.69, 9.17) is 4.52 Å². The number of hydrogen-bond donors (Lipinski definition) is 1. The van der Waals surface area contributed by atoms with Crippen LogP contribution in [0.15, 0.2) is 47.2 Å². The van der Waals surface area contributed by atoms with Gasteiger partial charge in [-0.25, -0.2) is 9.37 Å². The first-order valence-corrected chi connectivity index (χ1v) is 7.07. The van der Waals surface area contributed by atoms with Gasteiger partial charge in [0.1, 0.15) is 11.5 Å². The van der Waals surface area contributed by atoms with Gasteiger partial charge in [0.15, 0.2) is 0 Å². The summed E-state index contributed by atoms with van der Waals surface area (Å²) in [4.78, 5) is 11.1. The van der Waals surface area contributed by atoms with Gasteiger partial charge in [-0.05, 0) is 30.3 Å². The van der Waals surface area contributed by atoms with Crippen molar-refractivity contribution in [2.24, 2.45) is 0 Å². The van der Waals surface area contributed by atoms with Crippen LogP contribution in [0.2, 0.25) is 0 Å². The summed E-state index contributed by atoms with van der Waals surface area (Å²) < 4.78 is 57.4. The largest absolute Gasteiger partial charge is 0.416 e. The number of alkyl halides is 3. The van der Waals surface area contributed by atoms with Crippen LogP contribution in [0, 0.1) is 5.82 Å². The summed E-state index contributed by atoms with van der Waals surface area (Å²) in [6, 6.07) is 5.50. The molecule has 9 heteroatoms. The molecule has 0 spiro atoms. The quantitative estimate of drug-likeness (QED) is 0.544. The van der Waals surface area contributed by atoms with Gasteiger partial charge >= 0.3 is 6.18 Å². The highest BCUT2D eigenvalue weighted by molar-refractivity contribution is 5.91. The molecule has 25 heavy (non-hydrogen) atoms. The van der Waals surface area contributed by atoms with Crippen LogP contribution >= 0.6 is 0 Å². The summed E-state index contributed by atoms with van der Waals surface area (Å²) in [7, 11) is 0. The smallest absolute Gasteiger partial charge is 0.345 e. The van der Waals surface area contributed by atoms with Gasteiger partial charge in [0.25, 0.3) is 5.89 Å². The molecule has 0 atom stereocenters. The molecule has 1 aromatic carbocycles. The lowest BCUT2D eigenvalue weighted by molar-refractivity contribution is -0.137. The molecule has 126 valence electrons. The normalized spacial score (nSPS) is 12.0. The molecule has 0 saturated carbocycles. The van der Waals surface area contributed by atoms with Crippen molar-refractivity contribution in [2.75, 3.05) is 0 Å². The number of fused-ring (bicyclic) bond motifs is 1. The van der Waals surface area contributed by atoms with E-state index in [0.29, 0.717) is 28.7 Å². The van der Waals surface area contributed by atoms with Crippen LogP contribution in [-0.4, -0.2) is 20.1 Å². The van der Waals surface area contributed by atoms with Gasteiger partial charge in [0, 0.05) is 23.3 Å². The molecule has 0 amide bonds. The fourth-order valence-electron chi connectivity index (χ4n) is 2.45. The minimum atomic E-state index is -4.60. The van der Waals surface area contributed by atoms with Gasteiger partial charge in [0.05, 0.1) is 11.1 Å². The van der Waals surface area contributed by atoms with Crippen molar-refractivity contribution in [3.8, 4) is 22.8 Å². The maximum absolute atomic E-state index is 13.9. The van der Waals surface area contributed by atoms with Gasteiger partial charge in [-0.15, -0.1) is 0 Å². The molecule has 0 aliphatic rings. The number of aromatic amines is 1. The van der Waals surface area contributed by atoms with Crippen molar-refractivity contribution in [3.63, 3.8) is 0 Å². The van der Waals surface area contributed by atoms with Crippen LogP contribution in [-0.2, 0) is 6.18 Å². The Kier molecular flexibility index (Phi) is 3.31. The van der Waals surface area contributed by atoms with Gasteiger partial charge < -0.3 is 9.51 Å². The number of rotatable bonds is 2. The van der Waals surface area contributed by atoms with Crippen LogP contribution in [0.1, 0.15) is 5.56 Å². The third-order valence-corrected chi connectivity index (χ3v) is 3.64. The maximum atomic E-state index is 13.9. The molecule has 0 aliphatic heterocycles. The van der Waals surface area contributed by atoms with Gasteiger partial charge in [0.2, 0.25) is 5.82 Å². The highest BCUT2D eigenvalue weighted by Gasteiger charge is 2.32. The average Bonchev–Trinajstić information content (AvgIpc) is 3.20. The fourth-order valence-corrected chi connectivity index (χ4v) is 2.45. The van der Waals surface area contributed by atoms with Crippen molar-refractivity contribution in [1.29, 1.82) is 0 Å². The number of hydrogen-bond acceptors (Lipinski definition) is 4. The molecule has 0 aliphatic carbocycles. The second-order valence-corrected chi connectivity index (χ2v) is 5.22. The number of pyridine rings is 1. The zero-order valence-corrected chi connectivity index (χ0v) is 12.3. The number of aromatic nitrogens is 4. The standard InChI is InChI=1S/C16H8F4N4O/c17-12-4-3-8(16(18,19)20)6-10(12)15-23-14(24-25-15)11-7-22-13-9(11)2-1-5-21-13/h1-7H,(H,21,22). The summed E-state index contributed by atoms with van der Waals surface area (Å²) in [5.41, 5.74) is -0.272. The van der Waals surface area contributed by atoms with E-state index in [2.05, 4.69) is 20.1 Å². The van der Waals surface area contributed by atoms with E-state index in [-0.39, 0.29) is 11.7 Å². The second kappa shape index (κ2) is 5.40. The van der Waals surface area contributed by atoms with E-state index in [1.54, 1.807) is 24.5 Å². The zero-order valence-electron chi connectivity index (χ0n) is 12.3. The number of H-pyrrole nitrogens is 1. The number of halogens is 4. The lowest BCUT2D eigenvalue weighted by Gasteiger charge is -2.07. The summed E-state index contributed by atoms with van der Waals surface area (Å²) in [6.45, 7) is 0. The van der Waals surface area contributed by atoms with Gasteiger partial charge in [-0.3, -0.25) is 0 Å². The minimum Gasteiger partial charge on any atom is -0.345 e. The molecule has 0 saturated heterocycles. The number of benzene rings is 1. The van der Waals surface area contributed by atoms with Gasteiger partial charge in [-0.1, -0.05) is 5.16 Å². The van der Waals surface area contributed by atoms with Crippen LogP contribution in [0.4, 0.5) is 17.6 Å². The Bertz CT molecular complexity index is 1070. The molecule has 0 radical (unpaired) electrons. The molecule has 5 nitrogen and oxygen atoms in total. The van der Waals surface area contributed by atoms with E-state index in [9.17, 15) is 17.6 Å². The van der Waals surface area contributed by atoms with Crippen LogP contribution in [0.25, 0.3) is 33.9 Å². The summed E-state index contributed by atoms with van der Waals surface area (Å²) in [5.74, 6) is -1.10. The third kappa shape index (κ3) is 2.63. The summed E-state index contributed by atoms with van der Waals surface area (Å²) >= 11 is 0. The highest BCUT2D eigenvalue weighted by Crippen LogP contribution is 2.34. The predicted molar refractivity (Wildman–Crippen MR) is 79.8 cm³/mol. The van der Waals surface area contributed by atoms with Crippen molar-refractivity contribution >= 4 is 11.0 Å². The first-order chi connectivity index (χ1) is 11.9. The number of nitrogens with one attached hydrogen (secondary N) is 1. The molecule has 1 N–H and O–H groups in total. The molecule has 0 fully saturated rings. The predicted octanol–water partition coefficient (Wildman–Crippen LogP) is 4.44. The number of nitrogens with zero attached hydrogens (tertiary/aromatic N) is 3. The summed E-state index contributed by atoms with van der Waals surface area (Å²) in [6.07, 6.45) is -1.41. The Hall–Kier alpha value is -3.23. The average molecular weight is 348 g/mol. The Morgan fingerprint density at radius 3 is 2.72 bits per heavy atom. The van der Waals surface area contributed by atoms with E-state index >= 15 is 0 Å². The third-order valence-electron chi connectivity index (χ3n) is 3.64. The van der Waals surface area contributed by atoms with Crippen LogP contribution in [0.3, 0.4) is 0 Å².